The van der Waals surface area contributed by atoms with Crippen molar-refractivity contribution < 1.29 is 5.11 Å². The minimum Gasteiger partial charge on any atom is -0.493 e. The molecule has 4 heterocycles. The molecule has 1 aliphatic rings. The van der Waals surface area contributed by atoms with E-state index in [0.29, 0.717) is 0 Å². The Balaban J connectivity index is 1.39. The van der Waals surface area contributed by atoms with E-state index in [4.69, 9.17) is 0 Å². The Kier molecular flexibility index (Phi) is 4.94. The molecule has 0 bridgehead atoms. The summed E-state index contributed by atoms with van der Waals surface area (Å²) in [4.78, 5) is 16.7. The summed E-state index contributed by atoms with van der Waals surface area (Å²) < 4.78 is 0. The predicted octanol–water partition coefficient (Wildman–Crippen LogP) is 3.74. The smallest absolute Gasteiger partial charge is 0.210 e. The number of benzene rings is 1. The molecule has 0 radical (unpaired) electrons. The van der Waals surface area contributed by atoms with E-state index in [9.17, 15) is 5.11 Å². The van der Waals surface area contributed by atoms with Crippen molar-refractivity contribution in [2.45, 2.75) is 6.54 Å². The van der Waals surface area contributed by atoms with Gasteiger partial charge in [-0.15, -0.1) is 0 Å². The quantitative estimate of drug-likeness (QED) is 0.547. The minimum absolute atomic E-state index is 0.0223. The molecule has 6 nitrogen and oxygen atoms in total. The van der Waals surface area contributed by atoms with Crippen LogP contribution in [0.5, 0.6) is 5.88 Å². The van der Waals surface area contributed by atoms with Gasteiger partial charge in [0.05, 0.1) is 0 Å². The second kappa shape index (κ2) is 7.89. The molecule has 0 atom stereocenters. The van der Waals surface area contributed by atoms with Gasteiger partial charge in [-0.25, -0.2) is 9.97 Å². The number of piperazine rings is 1. The highest BCUT2D eigenvalue weighted by Gasteiger charge is 2.14. The number of fused-ring (bicyclic) bond motifs is 1. The van der Waals surface area contributed by atoms with Gasteiger partial charge in [-0.05, 0) is 30.3 Å². The number of nitrogens with one attached hydrogen (secondary N) is 1. The highest BCUT2D eigenvalue weighted by atomic mass is 16.3. The number of hydrogen-bond donors (Lipinski definition) is 2. The number of aromatic amines is 1. The second-order valence-electron chi connectivity index (χ2n) is 8.00. The first-order valence-corrected chi connectivity index (χ1v) is 10.3. The Morgan fingerprint density at radius 1 is 0.900 bits per heavy atom. The molecule has 0 amide bonds. The van der Waals surface area contributed by atoms with Crippen LogP contribution < -0.4 is 0 Å². The fourth-order valence-corrected chi connectivity index (χ4v) is 4.01. The normalized spacial score (nSPS) is 15.6. The molecular weight excluding hydrogens is 374 g/mol. The van der Waals surface area contributed by atoms with Crippen LogP contribution in [-0.2, 0) is 6.54 Å². The summed E-state index contributed by atoms with van der Waals surface area (Å²) in [6.45, 7) is 5.53. The van der Waals surface area contributed by atoms with Gasteiger partial charge in [-0.2, -0.15) is 0 Å². The van der Waals surface area contributed by atoms with Gasteiger partial charge < -0.3 is 15.0 Å². The van der Waals surface area contributed by atoms with Gasteiger partial charge in [0.25, 0.3) is 0 Å². The number of aromatic hydroxyl groups is 1. The van der Waals surface area contributed by atoms with Crippen molar-refractivity contribution in [1.29, 1.82) is 0 Å². The van der Waals surface area contributed by atoms with E-state index in [1.807, 2.05) is 18.5 Å². The zero-order valence-electron chi connectivity index (χ0n) is 17.0. The van der Waals surface area contributed by atoms with Crippen LogP contribution in [0.25, 0.3) is 33.3 Å². The zero-order valence-corrected chi connectivity index (χ0v) is 17.0. The first-order chi connectivity index (χ1) is 14.7. The van der Waals surface area contributed by atoms with Gasteiger partial charge >= 0.3 is 0 Å². The fourth-order valence-electron chi connectivity index (χ4n) is 4.01. The lowest BCUT2D eigenvalue weighted by Gasteiger charge is -2.32. The molecule has 0 aliphatic carbocycles. The molecule has 6 heteroatoms. The van der Waals surface area contributed by atoms with Crippen molar-refractivity contribution in [2.24, 2.45) is 0 Å². The van der Waals surface area contributed by atoms with Crippen molar-refractivity contribution in [1.82, 2.24) is 24.8 Å². The van der Waals surface area contributed by atoms with E-state index in [1.165, 1.54) is 5.56 Å². The summed E-state index contributed by atoms with van der Waals surface area (Å²) in [5.41, 5.74) is 6.39. The highest BCUT2D eigenvalue weighted by molar-refractivity contribution is 5.95. The molecule has 30 heavy (non-hydrogen) atoms. The Morgan fingerprint density at radius 3 is 2.37 bits per heavy atom. The van der Waals surface area contributed by atoms with E-state index < -0.39 is 0 Å². The van der Waals surface area contributed by atoms with Crippen molar-refractivity contribution in [2.75, 3.05) is 33.2 Å². The number of rotatable bonds is 4. The molecule has 2 N–H and O–H groups in total. The monoisotopic (exact) mass is 399 g/mol. The Labute approximate surface area is 175 Å². The summed E-state index contributed by atoms with van der Waals surface area (Å²) >= 11 is 0. The van der Waals surface area contributed by atoms with Crippen LogP contribution in [0.3, 0.4) is 0 Å². The van der Waals surface area contributed by atoms with Gasteiger partial charge in [0, 0.05) is 79.5 Å². The van der Waals surface area contributed by atoms with Gasteiger partial charge in [0.15, 0.2) is 0 Å². The lowest BCUT2D eigenvalue weighted by Crippen LogP contribution is -2.43. The number of hydrogen-bond acceptors (Lipinski definition) is 5. The molecule has 0 unspecified atom stereocenters. The van der Waals surface area contributed by atoms with E-state index in [1.54, 1.807) is 12.3 Å². The number of likely N-dealkylation sites (N-methyl/N-ethyl adjacent to an activating group) is 1. The third-order valence-electron chi connectivity index (χ3n) is 5.88. The van der Waals surface area contributed by atoms with Gasteiger partial charge in [-0.1, -0.05) is 24.3 Å². The standard InChI is InChI=1S/C24H25N5O/c1-28-8-10-29(11-9-28)16-17-2-4-18(5-3-17)20-12-21-22(15-27-24(21)26-14-20)19-6-7-23(30)25-13-19/h2-7,12-15H,8-11,16H2,1H3,(H,25,30)(H,26,27). The Hall–Kier alpha value is -3.22. The molecule has 1 aromatic carbocycles. The van der Waals surface area contributed by atoms with E-state index in [2.05, 4.69) is 62.1 Å². The molecular formula is C24H25N5O. The average molecular weight is 399 g/mol. The predicted molar refractivity (Wildman–Crippen MR) is 119 cm³/mol. The van der Waals surface area contributed by atoms with Crippen LogP contribution in [-0.4, -0.2) is 63.1 Å². The summed E-state index contributed by atoms with van der Waals surface area (Å²) in [5.74, 6) is 0.0223. The summed E-state index contributed by atoms with van der Waals surface area (Å²) in [5, 5.41) is 10.5. The van der Waals surface area contributed by atoms with Crippen molar-refractivity contribution in [3.05, 3.63) is 66.6 Å². The molecule has 4 aromatic rings. The molecule has 3 aromatic heterocycles. The third-order valence-corrected chi connectivity index (χ3v) is 5.88. The Morgan fingerprint density at radius 2 is 1.63 bits per heavy atom. The van der Waals surface area contributed by atoms with Crippen LogP contribution in [0.15, 0.2) is 61.1 Å². The lowest BCUT2D eigenvalue weighted by atomic mass is 10.0. The summed E-state index contributed by atoms with van der Waals surface area (Å²) in [6, 6.07) is 14.4. The first kappa shape index (κ1) is 18.8. The molecule has 0 spiro atoms. The second-order valence-corrected chi connectivity index (χ2v) is 8.00. The number of H-pyrrole nitrogens is 1. The third kappa shape index (κ3) is 3.79. The lowest BCUT2D eigenvalue weighted by molar-refractivity contribution is 0.148. The average Bonchev–Trinajstić information content (AvgIpc) is 3.20. The maximum absolute atomic E-state index is 9.46. The SMILES string of the molecule is CN1CCN(Cc2ccc(-c3cnc4[nH]cc(-c5ccc(O)nc5)c4c3)cc2)CC1. The zero-order chi connectivity index (χ0) is 20.5. The summed E-state index contributed by atoms with van der Waals surface area (Å²) in [6.07, 6.45) is 5.53. The molecule has 0 saturated carbocycles. The van der Waals surface area contributed by atoms with Crippen LogP contribution >= 0.6 is 0 Å². The summed E-state index contributed by atoms with van der Waals surface area (Å²) in [7, 11) is 2.19. The minimum atomic E-state index is 0.0223. The maximum Gasteiger partial charge on any atom is 0.210 e. The van der Waals surface area contributed by atoms with Crippen molar-refractivity contribution in [3.8, 4) is 28.1 Å². The Bertz CT molecular complexity index is 1140. The van der Waals surface area contributed by atoms with Gasteiger partial charge in [0.1, 0.15) is 5.65 Å². The maximum atomic E-state index is 9.46. The van der Waals surface area contributed by atoms with Crippen LogP contribution in [0.1, 0.15) is 5.56 Å². The van der Waals surface area contributed by atoms with Crippen LogP contribution in [0.4, 0.5) is 0 Å². The molecule has 5 rings (SSSR count). The largest absolute Gasteiger partial charge is 0.493 e. The van der Waals surface area contributed by atoms with Crippen molar-refractivity contribution >= 4 is 11.0 Å². The first-order valence-electron chi connectivity index (χ1n) is 10.3. The molecule has 1 fully saturated rings. The number of pyridine rings is 2. The number of nitrogens with zero attached hydrogens (tertiary/aromatic N) is 4. The topological polar surface area (TPSA) is 68.3 Å². The highest BCUT2D eigenvalue weighted by Crippen LogP contribution is 2.31. The van der Waals surface area contributed by atoms with Crippen molar-refractivity contribution in [3.63, 3.8) is 0 Å². The molecule has 152 valence electrons. The molecule has 1 aliphatic heterocycles. The van der Waals surface area contributed by atoms with E-state index in [-0.39, 0.29) is 5.88 Å². The van der Waals surface area contributed by atoms with Gasteiger partial charge in [0.2, 0.25) is 5.88 Å². The van der Waals surface area contributed by atoms with E-state index in [0.717, 1.165) is 66.0 Å². The molecule has 1 saturated heterocycles. The van der Waals surface area contributed by atoms with Crippen LogP contribution in [0, 0.1) is 0 Å². The number of aromatic nitrogens is 3. The fraction of sp³-hybridized carbons (Fsp3) is 0.250. The van der Waals surface area contributed by atoms with Crippen LogP contribution in [0.2, 0.25) is 0 Å². The van der Waals surface area contributed by atoms with Gasteiger partial charge in [-0.3, -0.25) is 4.90 Å². The van der Waals surface area contributed by atoms with E-state index >= 15 is 0 Å².